The van der Waals surface area contributed by atoms with Crippen molar-refractivity contribution in [2.24, 2.45) is 0 Å². The quantitative estimate of drug-likeness (QED) is 0.0446. The molecule has 0 bridgehead atoms. The second-order valence-electron chi connectivity index (χ2n) is 19.2. The van der Waals surface area contributed by atoms with E-state index in [0.29, 0.717) is 47.7 Å². The van der Waals surface area contributed by atoms with Crippen LogP contribution in [0, 0.1) is 24.0 Å². The van der Waals surface area contributed by atoms with Crippen LogP contribution in [-0.4, -0.2) is 113 Å². The lowest BCUT2D eigenvalue weighted by Gasteiger charge is -2.40. The van der Waals surface area contributed by atoms with Crippen molar-refractivity contribution in [1.82, 2.24) is 9.80 Å². The van der Waals surface area contributed by atoms with Crippen LogP contribution in [0.5, 0.6) is 11.5 Å². The summed E-state index contributed by atoms with van der Waals surface area (Å²) < 4.78 is 22.4. The Kier molecular flexibility index (Phi) is 25.3. The van der Waals surface area contributed by atoms with Crippen LogP contribution >= 0.6 is 0 Å². The molecule has 0 spiro atoms. The first-order valence-electron chi connectivity index (χ1n) is 25.1. The van der Waals surface area contributed by atoms with Crippen molar-refractivity contribution in [3.8, 4) is 11.5 Å². The fourth-order valence-corrected chi connectivity index (χ4v) is 9.38. The molecule has 0 radical (unpaired) electrons. The lowest BCUT2D eigenvalue weighted by Crippen LogP contribution is -2.59. The predicted molar refractivity (Wildman–Crippen MR) is 264 cm³/mol. The zero-order chi connectivity index (χ0) is 53.6. The number of methoxy groups -OCH3 is 1. The molecule has 2 saturated carbocycles. The van der Waals surface area contributed by atoms with Crippen LogP contribution in [0.25, 0.3) is 0 Å². The standard InChI is InChI=1S/C28H42N2O6.C23H36N2O4.2CO2/c1-7-35-27(33)28(5)26(32)29(15-11-12-16-34-6)23-18-22(20(4)17-24(23)36-28)25(31)30(19(2)3)21-13-9-8-10-14-21;1-7-23(6,8-2)29-21-14-17(5)19(15-20(21)25(27)28)22(26)24(16(3)4)18-12-10-9-11-13-18;2*2-1-3/h17-19,21H,7-16H2,1-6H3;14-16,18H,7-13H2,1-6H3;;. The number of carbonyl (C=O) groups excluding carboxylic acids is 8. The topological polar surface area (TPSA) is 226 Å². The number of ether oxygens (including phenoxy) is 4. The van der Waals surface area contributed by atoms with Crippen LogP contribution in [-0.2, 0) is 38.2 Å². The number of hydrogen-bond acceptors (Lipinski definition) is 14. The number of rotatable bonds is 18. The highest BCUT2D eigenvalue weighted by atomic mass is 16.6. The maximum atomic E-state index is 13.9. The molecule has 1 unspecified atom stereocenters. The fourth-order valence-electron chi connectivity index (χ4n) is 9.38. The molecule has 1 atom stereocenters. The van der Waals surface area contributed by atoms with Crippen molar-refractivity contribution in [2.45, 2.75) is 201 Å². The van der Waals surface area contributed by atoms with Gasteiger partial charge in [-0.1, -0.05) is 52.4 Å². The summed E-state index contributed by atoms with van der Waals surface area (Å²) in [5.74, 6) is -0.705. The summed E-state index contributed by atoms with van der Waals surface area (Å²) in [6.45, 7) is 22.0. The second-order valence-corrected chi connectivity index (χ2v) is 19.2. The number of anilines is 1. The molecular formula is C53H78N4O14. The molecule has 1 aliphatic heterocycles. The number of nitro groups is 1. The third kappa shape index (κ3) is 16.3. The van der Waals surface area contributed by atoms with E-state index < -0.39 is 28.0 Å². The zero-order valence-corrected chi connectivity index (χ0v) is 44.1. The first-order valence-corrected chi connectivity index (χ1v) is 25.1. The Bertz CT molecular complexity index is 2150. The molecule has 18 heteroatoms. The minimum atomic E-state index is -1.78. The molecule has 3 amide bonds. The number of amides is 3. The van der Waals surface area contributed by atoms with Crippen molar-refractivity contribution in [1.29, 1.82) is 0 Å². The summed E-state index contributed by atoms with van der Waals surface area (Å²) in [7, 11) is 1.64. The largest absolute Gasteiger partial charge is 0.481 e. The van der Waals surface area contributed by atoms with Crippen molar-refractivity contribution in [3.63, 3.8) is 0 Å². The predicted octanol–water partition coefficient (Wildman–Crippen LogP) is 9.53. The molecule has 0 N–H and O–H groups in total. The maximum Gasteiger partial charge on any atom is 0.373 e. The van der Waals surface area contributed by atoms with Gasteiger partial charge in [0.15, 0.2) is 5.75 Å². The van der Waals surface area contributed by atoms with Gasteiger partial charge in [0, 0.05) is 61.6 Å². The lowest BCUT2D eigenvalue weighted by molar-refractivity contribution is -0.386. The molecule has 71 heavy (non-hydrogen) atoms. The summed E-state index contributed by atoms with van der Waals surface area (Å²) in [5, 5.41) is 11.8. The molecule has 1 heterocycles. The number of unbranched alkanes of at least 4 members (excludes halogenated alkanes) is 1. The highest BCUT2D eigenvalue weighted by Crippen LogP contribution is 2.42. The Hall–Kier alpha value is -5.96. The minimum Gasteiger partial charge on any atom is -0.481 e. The highest BCUT2D eigenvalue weighted by molar-refractivity contribution is 6.15. The molecule has 2 fully saturated rings. The van der Waals surface area contributed by atoms with Gasteiger partial charge in [0.05, 0.1) is 17.2 Å². The molecule has 0 aromatic heterocycles. The maximum absolute atomic E-state index is 13.9. The van der Waals surface area contributed by atoms with Gasteiger partial charge in [-0.3, -0.25) is 24.5 Å². The Morgan fingerprint density at radius 2 is 1.28 bits per heavy atom. The summed E-state index contributed by atoms with van der Waals surface area (Å²) >= 11 is 0. The van der Waals surface area contributed by atoms with E-state index in [4.69, 9.17) is 38.1 Å². The molecule has 5 rings (SSSR count). The number of nitrogens with zero attached hydrogens (tertiary/aromatic N) is 4. The second kappa shape index (κ2) is 29.4. The summed E-state index contributed by atoms with van der Waals surface area (Å²) in [6.07, 6.45) is 14.4. The van der Waals surface area contributed by atoms with Crippen LogP contribution in [0.1, 0.15) is 184 Å². The van der Waals surface area contributed by atoms with Crippen molar-refractivity contribution >= 4 is 47.4 Å². The zero-order valence-electron chi connectivity index (χ0n) is 44.1. The van der Waals surface area contributed by atoms with E-state index in [1.807, 2.05) is 58.3 Å². The van der Waals surface area contributed by atoms with Crippen LogP contribution in [0.4, 0.5) is 11.4 Å². The third-order valence-corrected chi connectivity index (χ3v) is 13.5. The molecular weight excluding hydrogens is 917 g/mol. The van der Waals surface area contributed by atoms with Crippen molar-refractivity contribution in [3.05, 3.63) is 56.6 Å². The van der Waals surface area contributed by atoms with Crippen molar-refractivity contribution in [2.75, 3.05) is 31.8 Å². The monoisotopic (exact) mass is 995 g/mol. The number of benzene rings is 2. The van der Waals surface area contributed by atoms with Gasteiger partial charge in [-0.25, -0.2) is 4.79 Å². The van der Waals surface area contributed by atoms with Gasteiger partial charge < -0.3 is 33.6 Å². The van der Waals surface area contributed by atoms with E-state index in [-0.39, 0.29) is 66.3 Å². The molecule has 2 aromatic rings. The minimum absolute atomic E-state index is 0.0253. The lowest BCUT2D eigenvalue weighted by atomic mass is 9.92. The Balaban J connectivity index is 0.000000446. The summed E-state index contributed by atoms with van der Waals surface area (Å²) in [4.78, 5) is 103. The Morgan fingerprint density at radius 3 is 1.70 bits per heavy atom. The molecule has 0 saturated heterocycles. The number of carbonyl (C=O) groups is 4. The Labute approximate surface area is 419 Å². The molecule has 2 aromatic carbocycles. The van der Waals surface area contributed by atoms with Crippen LogP contribution in [0.3, 0.4) is 0 Å². The van der Waals surface area contributed by atoms with E-state index >= 15 is 0 Å². The van der Waals surface area contributed by atoms with Gasteiger partial charge in [-0.2, -0.15) is 19.2 Å². The van der Waals surface area contributed by atoms with Gasteiger partial charge in [-0.05, 0) is 143 Å². The first-order chi connectivity index (χ1) is 33.6. The number of aryl methyl sites for hydroxylation is 2. The van der Waals surface area contributed by atoms with Gasteiger partial charge >= 0.3 is 24.0 Å². The molecule has 18 nitrogen and oxygen atoms in total. The van der Waals surface area contributed by atoms with E-state index in [0.717, 1.165) is 76.2 Å². The van der Waals surface area contributed by atoms with Gasteiger partial charge in [-0.15, -0.1) is 0 Å². The first kappa shape index (κ1) is 61.2. The van der Waals surface area contributed by atoms with Crippen LogP contribution < -0.4 is 14.4 Å². The van der Waals surface area contributed by atoms with E-state index in [9.17, 15) is 29.3 Å². The van der Waals surface area contributed by atoms with E-state index in [1.165, 1.54) is 25.8 Å². The van der Waals surface area contributed by atoms with Gasteiger partial charge in [0.2, 0.25) is 0 Å². The fraction of sp³-hybridized carbons (Fsp3) is 0.660. The third-order valence-electron chi connectivity index (χ3n) is 13.5. The average Bonchev–Trinajstić information content (AvgIpc) is 3.32. The van der Waals surface area contributed by atoms with Gasteiger partial charge in [0.1, 0.15) is 11.4 Å². The van der Waals surface area contributed by atoms with E-state index in [2.05, 4.69) is 13.8 Å². The van der Waals surface area contributed by atoms with Gasteiger partial charge in [0.25, 0.3) is 23.3 Å². The van der Waals surface area contributed by atoms with Crippen molar-refractivity contribution < 1.29 is 62.2 Å². The number of fused-ring (bicyclic) bond motifs is 1. The van der Waals surface area contributed by atoms with Crippen LogP contribution in [0.15, 0.2) is 24.3 Å². The summed E-state index contributed by atoms with van der Waals surface area (Å²) in [5.41, 5.74) is 0.541. The normalized spacial score (nSPS) is 16.8. The molecule has 2 aliphatic carbocycles. The number of esters is 1. The highest BCUT2D eigenvalue weighted by Gasteiger charge is 2.52. The molecule has 394 valence electrons. The number of hydrogen-bond donors (Lipinski definition) is 0. The summed E-state index contributed by atoms with van der Waals surface area (Å²) in [6, 6.07) is 7.14. The Morgan fingerprint density at radius 1 is 0.817 bits per heavy atom. The van der Waals surface area contributed by atoms with E-state index in [1.54, 1.807) is 37.1 Å². The smallest absolute Gasteiger partial charge is 0.373 e. The van der Waals surface area contributed by atoms with Crippen LogP contribution in [0.2, 0.25) is 0 Å². The number of nitro benzene ring substituents is 1. The average molecular weight is 995 g/mol. The SMILES string of the molecule is CCC(C)(CC)Oc1cc(C)c(C(=O)N(C(C)C)C2CCCCC2)cc1[N+](=O)[O-].CCOC(=O)C1(C)Oc2cc(C)c(C(=O)N(C(C)C)C3CCCCC3)cc2N(CCCCOC)C1=O.O=C=O.O=C=O. The molecule has 3 aliphatic rings.